The lowest BCUT2D eigenvalue weighted by molar-refractivity contribution is 0.369. The molecule has 2 N–H and O–H groups in total. The molecule has 1 fully saturated rings. The summed E-state index contributed by atoms with van der Waals surface area (Å²) in [6.07, 6.45) is 0.683. The SMILES string of the molecule is CCNC(=NCCCN(C)S(=O)(=O)CC)N1CCN(c2ccccc2O)CC1. The van der Waals surface area contributed by atoms with Crippen LogP contribution in [0.25, 0.3) is 0 Å². The lowest BCUT2D eigenvalue weighted by Gasteiger charge is -2.37. The molecule has 1 aromatic rings. The first-order valence-corrected chi connectivity index (χ1v) is 11.5. The quantitative estimate of drug-likeness (QED) is 0.379. The number of aromatic hydroxyl groups is 1. The monoisotopic (exact) mass is 411 g/mol. The molecule has 0 spiro atoms. The predicted molar refractivity (Wildman–Crippen MR) is 115 cm³/mol. The van der Waals surface area contributed by atoms with Gasteiger partial charge in [0.15, 0.2) is 5.96 Å². The summed E-state index contributed by atoms with van der Waals surface area (Å²) in [7, 11) is -1.52. The van der Waals surface area contributed by atoms with Crippen LogP contribution in [0.5, 0.6) is 5.75 Å². The van der Waals surface area contributed by atoms with Crippen molar-refractivity contribution >= 4 is 21.7 Å². The molecule has 0 amide bonds. The van der Waals surface area contributed by atoms with E-state index in [0.717, 1.165) is 44.4 Å². The van der Waals surface area contributed by atoms with Crippen LogP contribution in [-0.4, -0.2) is 87.3 Å². The van der Waals surface area contributed by atoms with E-state index >= 15 is 0 Å². The average molecular weight is 412 g/mol. The van der Waals surface area contributed by atoms with E-state index in [1.54, 1.807) is 20.0 Å². The number of hydrogen-bond donors (Lipinski definition) is 2. The fraction of sp³-hybridized carbons (Fsp3) is 0.632. The topological polar surface area (TPSA) is 88.5 Å². The Morgan fingerprint density at radius 1 is 1.21 bits per heavy atom. The van der Waals surface area contributed by atoms with Gasteiger partial charge in [0, 0.05) is 52.9 Å². The van der Waals surface area contributed by atoms with Gasteiger partial charge in [-0.15, -0.1) is 0 Å². The maximum Gasteiger partial charge on any atom is 0.213 e. The van der Waals surface area contributed by atoms with Crippen molar-refractivity contribution in [3.63, 3.8) is 0 Å². The minimum absolute atomic E-state index is 0.122. The van der Waals surface area contributed by atoms with Gasteiger partial charge in [0.25, 0.3) is 0 Å². The van der Waals surface area contributed by atoms with Crippen molar-refractivity contribution in [2.75, 3.05) is 63.5 Å². The van der Waals surface area contributed by atoms with Crippen LogP contribution in [-0.2, 0) is 10.0 Å². The van der Waals surface area contributed by atoms with Gasteiger partial charge in [-0.25, -0.2) is 12.7 Å². The summed E-state index contributed by atoms with van der Waals surface area (Å²) in [6, 6.07) is 7.41. The number of rotatable bonds is 8. The molecule has 0 aromatic heterocycles. The van der Waals surface area contributed by atoms with Crippen molar-refractivity contribution in [1.82, 2.24) is 14.5 Å². The normalized spacial score (nSPS) is 15.9. The Morgan fingerprint density at radius 2 is 1.89 bits per heavy atom. The van der Waals surface area contributed by atoms with Crippen LogP contribution in [0.2, 0.25) is 0 Å². The number of piperazine rings is 1. The second kappa shape index (κ2) is 10.5. The fourth-order valence-corrected chi connectivity index (χ4v) is 4.00. The lowest BCUT2D eigenvalue weighted by atomic mass is 10.2. The molecule has 1 aliphatic rings. The number of guanidine groups is 1. The largest absolute Gasteiger partial charge is 0.506 e. The minimum atomic E-state index is -3.13. The Balaban J connectivity index is 1.88. The maximum atomic E-state index is 11.8. The Morgan fingerprint density at radius 3 is 2.50 bits per heavy atom. The summed E-state index contributed by atoms with van der Waals surface area (Å²) in [5.41, 5.74) is 0.865. The molecule has 1 heterocycles. The van der Waals surface area contributed by atoms with Gasteiger partial charge in [-0.3, -0.25) is 4.99 Å². The lowest BCUT2D eigenvalue weighted by Crippen LogP contribution is -2.52. The molecule has 0 aliphatic carbocycles. The van der Waals surface area contributed by atoms with Crippen molar-refractivity contribution in [2.24, 2.45) is 4.99 Å². The number of anilines is 1. The van der Waals surface area contributed by atoms with E-state index in [9.17, 15) is 13.5 Å². The van der Waals surface area contributed by atoms with Crippen LogP contribution < -0.4 is 10.2 Å². The molecule has 0 bridgehead atoms. The van der Waals surface area contributed by atoms with E-state index < -0.39 is 10.0 Å². The predicted octanol–water partition coefficient (Wildman–Crippen LogP) is 1.15. The van der Waals surface area contributed by atoms with E-state index in [2.05, 4.69) is 20.1 Å². The van der Waals surface area contributed by atoms with Gasteiger partial charge in [0.2, 0.25) is 10.0 Å². The van der Waals surface area contributed by atoms with Crippen molar-refractivity contribution in [1.29, 1.82) is 0 Å². The summed E-state index contributed by atoms with van der Waals surface area (Å²) < 4.78 is 25.0. The van der Waals surface area contributed by atoms with Crippen molar-refractivity contribution in [2.45, 2.75) is 20.3 Å². The number of phenolic OH excluding ortho intramolecular Hbond substituents is 1. The van der Waals surface area contributed by atoms with Crippen LogP contribution in [0.15, 0.2) is 29.3 Å². The summed E-state index contributed by atoms with van der Waals surface area (Å²) >= 11 is 0. The maximum absolute atomic E-state index is 11.8. The van der Waals surface area contributed by atoms with Crippen molar-refractivity contribution in [3.8, 4) is 5.75 Å². The number of nitrogens with zero attached hydrogens (tertiary/aromatic N) is 4. The van der Waals surface area contributed by atoms with Crippen LogP contribution >= 0.6 is 0 Å². The zero-order valence-electron chi connectivity index (χ0n) is 17.1. The molecule has 0 atom stereocenters. The number of para-hydroxylation sites is 2. The molecule has 1 aromatic carbocycles. The molecule has 1 saturated heterocycles. The molecule has 0 unspecified atom stereocenters. The van der Waals surface area contributed by atoms with Gasteiger partial charge in [0.1, 0.15) is 5.75 Å². The van der Waals surface area contributed by atoms with Gasteiger partial charge in [0.05, 0.1) is 11.4 Å². The molecular weight excluding hydrogens is 378 g/mol. The number of hydrogen-bond acceptors (Lipinski definition) is 5. The van der Waals surface area contributed by atoms with E-state index in [-0.39, 0.29) is 5.75 Å². The molecule has 1 aliphatic heterocycles. The minimum Gasteiger partial charge on any atom is -0.506 e. The van der Waals surface area contributed by atoms with Crippen LogP contribution in [0.3, 0.4) is 0 Å². The molecule has 2 rings (SSSR count). The first kappa shape index (κ1) is 22.3. The first-order chi connectivity index (χ1) is 13.4. The molecule has 158 valence electrons. The number of sulfonamides is 1. The Hall–Kier alpha value is -2.00. The summed E-state index contributed by atoms with van der Waals surface area (Å²) in [5.74, 6) is 1.29. The summed E-state index contributed by atoms with van der Waals surface area (Å²) in [6.45, 7) is 8.75. The van der Waals surface area contributed by atoms with E-state index in [0.29, 0.717) is 25.3 Å². The van der Waals surface area contributed by atoms with Gasteiger partial charge in [-0.05, 0) is 32.4 Å². The second-order valence-corrected chi connectivity index (χ2v) is 9.14. The number of phenols is 1. The zero-order chi connectivity index (χ0) is 20.6. The van der Waals surface area contributed by atoms with Gasteiger partial charge < -0.3 is 20.2 Å². The third kappa shape index (κ3) is 6.00. The smallest absolute Gasteiger partial charge is 0.213 e. The number of nitrogens with one attached hydrogen (secondary N) is 1. The Kier molecular flexibility index (Phi) is 8.37. The van der Waals surface area contributed by atoms with Crippen molar-refractivity contribution < 1.29 is 13.5 Å². The highest BCUT2D eigenvalue weighted by molar-refractivity contribution is 7.89. The molecule has 9 heteroatoms. The fourth-order valence-electron chi connectivity index (χ4n) is 3.15. The Labute approximate surface area is 168 Å². The third-order valence-corrected chi connectivity index (χ3v) is 6.73. The van der Waals surface area contributed by atoms with Gasteiger partial charge in [-0.1, -0.05) is 12.1 Å². The van der Waals surface area contributed by atoms with Gasteiger partial charge in [-0.2, -0.15) is 0 Å². The van der Waals surface area contributed by atoms with Gasteiger partial charge >= 0.3 is 0 Å². The highest BCUT2D eigenvalue weighted by Gasteiger charge is 2.21. The molecule has 28 heavy (non-hydrogen) atoms. The number of benzene rings is 1. The second-order valence-electron chi connectivity index (χ2n) is 6.77. The average Bonchev–Trinajstić information content (AvgIpc) is 2.70. The molecule has 0 saturated carbocycles. The third-order valence-electron chi connectivity index (χ3n) is 4.87. The van der Waals surface area contributed by atoms with E-state index in [1.165, 1.54) is 4.31 Å². The van der Waals surface area contributed by atoms with Crippen LogP contribution in [0, 0.1) is 0 Å². The Bertz CT molecular complexity index is 746. The van der Waals surface area contributed by atoms with E-state index in [1.807, 2.05) is 25.1 Å². The highest BCUT2D eigenvalue weighted by atomic mass is 32.2. The van der Waals surface area contributed by atoms with E-state index in [4.69, 9.17) is 0 Å². The zero-order valence-corrected chi connectivity index (χ0v) is 18.0. The van der Waals surface area contributed by atoms with Crippen LogP contribution in [0.1, 0.15) is 20.3 Å². The molecule has 0 radical (unpaired) electrons. The summed E-state index contributed by atoms with van der Waals surface area (Å²) in [5, 5.41) is 13.4. The molecular formula is C19H33N5O3S. The molecule has 8 nitrogen and oxygen atoms in total. The highest BCUT2D eigenvalue weighted by Crippen LogP contribution is 2.27. The van der Waals surface area contributed by atoms with Crippen LogP contribution in [0.4, 0.5) is 5.69 Å². The first-order valence-electron chi connectivity index (χ1n) is 9.89. The summed E-state index contributed by atoms with van der Waals surface area (Å²) in [4.78, 5) is 9.07. The number of aliphatic imine (C=N–C) groups is 1. The van der Waals surface area contributed by atoms with Crippen molar-refractivity contribution in [3.05, 3.63) is 24.3 Å². The standard InChI is InChI=1S/C19H33N5O3S/c1-4-20-19(21-11-8-12-22(3)28(26,27)5-2)24-15-13-23(14-16-24)17-9-6-7-10-18(17)25/h6-7,9-10,25H,4-5,8,11-16H2,1-3H3,(H,20,21).